The lowest BCUT2D eigenvalue weighted by molar-refractivity contribution is 0.489. The van der Waals surface area contributed by atoms with Crippen molar-refractivity contribution in [3.8, 4) is 33.8 Å². The summed E-state index contributed by atoms with van der Waals surface area (Å²) in [6.45, 7) is 0. The van der Waals surface area contributed by atoms with Crippen LogP contribution in [0.5, 0.6) is 11.5 Å². The molecule has 44 heavy (non-hydrogen) atoms. The van der Waals surface area contributed by atoms with Gasteiger partial charge >= 0.3 is 0 Å². The van der Waals surface area contributed by atoms with Gasteiger partial charge in [0.05, 0.1) is 0 Å². The van der Waals surface area contributed by atoms with E-state index in [4.69, 9.17) is 4.74 Å². The van der Waals surface area contributed by atoms with Crippen molar-refractivity contribution < 1.29 is 4.74 Å². The maximum atomic E-state index is 6.80. The first-order valence-electron chi connectivity index (χ1n) is 15.0. The lowest BCUT2D eigenvalue weighted by atomic mass is 9.89. The highest BCUT2D eigenvalue weighted by molar-refractivity contribution is 6.16. The van der Waals surface area contributed by atoms with Gasteiger partial charge in [0, 0.05) is 33.6 Å². The van der Waals surface area contributed by atoms with Crippen LogP contribution in [0.1, 0.15) is 0 Å². The van der Waals surface area contributed by atoms with Crippen molar-refractivity contribution in [2.45, 2.75) is 0 Å². The lowest BCUT2D eigenvalue weighted by Gasteiger charge is -2.26. The van der Waals surface area contributed by atoms with Crippen LogP contribution in [0.25, 0.3) is 54.6 Å². The maximum Gasteiger partial charge on any atom is 0.143 e. The van der Waals surface area contributed by atoms with Crippen LogP contribution in [0.4, 0.5) is 17.1 Å². The average Bonchev–Trinajstić information content (AvgIpc) is 3.09. The topological polar surface area (TPSA) is 12.5 Å². The molecule has 8 aromatic rings. The summed E-state index contributed by atoms with van der Waals surface area (Å²) < 4.78 is 6.80. The molecule has 2 heteroatoms. The zero-order valence-corrected chi connectivity index (χ0v) is 23.9. The highest BCUT2D eigenvalue weighted by Gasteiger charge is 2.24. The summed E-state index contributed by atoms with van der Waals surface area (Å²) in [6, 6.07) is 58.4. The Morgan fingerprint density at radius 3 is 1.84 bits per heavy atom. The predicted molar refractivity (Wildman–Crippen MR) is 185 cm³/mol. The normalized spacial score (nSPS) is 11.8. The fraction of sp³-hybridized carbons (Fsp3) is 0. The number of hydrogen-bond acceptors (Lipinski definition) is 2. The number of nitrogens with zero attached hydrogens (tertiary/aromatic N) is 1. The monoisotopic (exact) mass is 561 g/mol. The Morgan fingerprint density at radius 1 is 0.386 bits per heavy atom. The van der Waals surface area contributed by atoms with E-state index >= 15 is 0 Å². The van der Waals surface area contributed by atoms with Gasteiger partial charge < -0.3 is 9.64 Å². The zero-order valence-electron chi connectivity index (χ0n) is 23.9. The van der Waals surface area contributed by atoms with Crippen LogP contribution in [0.2, 0.25) is 0 Å². The predicted octanol–water partition coefficient (Wildman–Crippen LogP) is 12.1. The number of hydrogen-bond donors (Lipinski definition) is 0. The molecule has 8 aromatic carbocycles. The minimum atomic E-state index is 0.915. The lowest BCUT2D eigenvalue weighted by Crippen LogP contribution is -2.09. The highest BCUT2D eigenvalue weighted by atomic mass is 16.5. The van der Waals surface area contributed by atoms with Crippen molar-refractivity contribution in [3.05, 3.63) is 164 Å². The molecule has 1 aliphatic rings. The Morgan fingerprint density at radius 2 is 1.02 bits per heavy atom. The molecular formula is C42H27NO. The van der Waals surface area contributed by atoms with Crippen LogP contribution in [-0.4, -0.2) is 0 Å². The summed E-state index contributed by atoms with van der Waals surface area (Å²) >= 11 is 0. The molecule has 0 saturated carbocycles. The molecule has 1 aliphatic heterocycles. The third-order valence-electron chi connectivity index (χ3n) is 8.79. The molecule has 0 N–H and O–H groups in total. The molecule has 1 heterocycles. The van der Waals surface area contributed by atoms with E-state index in [2.05, 4.69) is 169 Å². The molecule has 206 valence electrons. The van der Waals surface area contributed by atoms with Crippen LogP contribution in [-0.2, 0) is 0 Å². The van der Waals surface area contributed by atoms with Gasteiger partial charge in [-0.1, -0.05) is 115 Å². The van der Waals surface area contributed by atoms with Crippen molar-refractivity contribution in [1.82, 2.24) is 0 Å². The Kier molecular flexibility index (Phi) is 5.54. The second kappa shape index (κ2) is 9.86. The summed E-state index contributed by atoms with van der Waals surface area (Å²) in [5, 5.41) is 7.24. The Bertz CT molecular complexity index is 2320. The van der Waals surface area contributed by atoms with Crippen molar-refractivity contribution >= 4 is 49.4 Å². The van der Waals surface area contributed by atoms with Gasteiger partial charge in [0.15, 0.2) is 0 Å². The second-order valence-electron chi connectivity index (χ2n) is 11.4. The smallest absolute Gasteiger partial charge is 0.143 e. The first-order valence-corrected chi connectivity index (χ1v) is 15.0. The SMILES string of the molecule is c1ccc(N(c2ccccc2)c2ccc3cc(-c4cccc5c4Oc4cc6ccccc6c6cccc-5c46)ccc3c2)cc1. The second-order valence-corrected chi connectivity index (χ2v) is 11.4. The number of benzene rings is 8. The quantitative estimate of drug-likeness (QED) is 0.198. The third-order valence-corrected chi connectivity index (χ3v) is 8.79. The Balaban J connectivity index is 1.16. The van der Waals surface area contributed by atoms with E-state index in [1.807, 2.05) is 0 Å². The minimum absolute atomic E-state index is 0.915. The summed E-state index contributed by atoms with van der Waals surface area (Å²) in [4.78, 5) is 2.30. The molecule has 0 fully saturated rings. The maximum absolute atomic E-state index is 6.80. The Hall–Kier alpha value is -5.86. The zero-order chi connectivity index (χ0) is 29.0. The largest absolute Gasteiger partial charge is 0.455 e. The molecule has 2 nitrogen and oxygen atoms in total. The van der Waals surface area contributed by atoms with E-state index in [1.54, 1.807) is 0 Å². The third kappa shape index (κ3) is 3.89. The van der Waals surface area contributed by atoms with E-state index in [9.17, 15) is 0 Å². The summed E-state index contributed by atoms with van der Waals surface area (Å²) in [7, 11) is 0. The van der Waals surface area contributed by atoms with Gasteiger partial charge in [-0.3, -0.25) is 0 Å². The molecule has 0 radical (unpaired) electrons. The number of ether oxygens (including phenoxy) is 1. The average molecular weight is 562 g/mol. The highest BCUT2D eigenvalue weighted by Crippen LogP contribution is 2.51. The summed E-state index contributed by atoms with van der Waals surface area (Å²) in [5.74, 6) is 1.83. The molecular weight excluding hydrogens is 534 g/mol. The van der Waals surface area contributed by atoms with Crippen LogP contribution >= 0.6 is 0 Å². The molecule has 0 spiro atoms. The summed E-state index contributed by atoms with van der Waals surface area (Å²) in [5.41, 5.74) is 7.98. The number of rotatable bonds is 4. The molecule has 0 atom stereocenters. The molecule has 0 saturated heterocycles. The molecule has 9 rings (SSSR count). The first kappa shape index (κ1) is 24.7. The summed E-state index contributed by atoms with van der Waals surface area (Å²) in [6.07, 6.45) is 0. The number of anilines is 3. The van der Waals surface area contributed by atoms with E-state index in [0.29, 0.717) is 0 Å². The van der Waals surface area contributed by atoms with E-state index in [-0.39, 0.29) is 0 Å². The van der Waals surface area contributed by atoms with Crippen LogP contribution < -0.4 is 9.64 Å². The van der Waals surface area contributed by atoms with E-state index in [0.717, 1.165) is 45.3 Å². The van der Waals surface area contributed by atoms with Gasteiger partial charge in [-0.05, 0) is 86.6 Å². The van der Waals surface area contributed by atoms with E-state index < -0.39 is 0 Å². The van der Waals surface area contributed by atoms with Crippen LogP contribution in [0.3, 0.4) is 0 Å². The van der Waals surface area contributed by atoms with Crippen LogP contribution in [0, 0.1) is 0 Å². The fourth-order valence-corrected chi connectivity index (χ4v) is 6.77. The number of para-hydroxylation sites is 3. The molecule has 0 aromatic heterocycles. The minimum Gasteiger partial charge on any atom is -0.455 e. The van der Waals surface area contributed by atoms with Crippen molar-refractivity contribution in [2.75, 3.05) is 4.90 Å². The van der Waals surface area contributed by atoms with E-state index in [1.165, 1.54) is 37.9 Å². The van der Waals surface area contributed by atoms with Crippen molar-refractivity contribution in [3.63, 3.8) is 0 Å². The first-order chi connectivity index (χ1) is 21.8. The van der Waals surface area contributed by atoms with Gasteiger partial charge in [0.25, 0.3) is 0 Å². The van der Waals surface area contributed by atoms with Gasteiger partial charge in [0.2, 0.25) is 0 Å². The molecule has 0 aliphatic carbocycles. The number of fused-ring (bicyclic) bond motifs is 5. The molecule has 0 bridgehead atoms. The van der Waals surface area contributed by atoms with Crippen molar-refractivity contribution in [2.24, 2.45) is 0 Å². The van der Waals surface area contributed by atoms with Gasteiger partial charge in [0.1, 0.15) is 11.5 Å². The molecule has 0 amide bonds. The standard InChI is InChI=1S/C42H27NO/c1-3-12-32(13-4-1)43(33-14-5-2-6-15-33)34-24-23-28-25-31(22-21-29(28)26-34)36-17-9-20-39-38-19-10-18-37-35-16-8-7-11-30(35)27-40(41(37)38)44-42(36)39/h1-27H. The van der Waals surface area contributed by atoms with Gasteiger partial charge in [-0.15, -0.1) is 0 Å². The molecule has 0 unspecified atom stereocenters. The Labute approximate surface area is 256 Å². The van der Waals surface area contributed by atoms with Crippen LogP contribution in [0.15, 0.2) is 164 Å². The van der Waals surface area contributed by atoms with Crippen molar-refractivity contribution in [1.29, 1.82) is 0 Å². The fourth-order valence-electron chi connectivity index (χ4n) is 6.77. The van der Waals surface area contributed by atoms with Gasteiger partial charge in [-0.25, -0.2) is 0 Å². The van der Waals surface area contributed by atoms with Gasteiger partial charge in [-0.2, -0.15) is 0 Å².